The van der Waals surface area contributed by atoms with Crippen LogP contribution in [0.4, 0.5) is 0 Å². The van der Waals surface area contributed by atoms with Gasteiger partial charge in [-0.15, -0.1) is 0 Å². The zero-order chi connectivity index (χ0) is 22.3. The molecule has 1 aromatic carbocycles. The van der Waals surface area contributed by atoms with Crippen LogP contribution in [0.25, 0.3) is 0 Å². The molecule has 0 radical (unpaired) electrons. The topological polar surface area (TPSA) is 98.6 Å². The first-order valence-corrected chi connectivity index (χ1v) is 10.4. The van der Waals surface area contributed by atoms with Crippen LogP contribution in [0.15, 0.2) is 41.6 Å². The van der Waals surface area contributed by atoms with Gasteiger partial charge in [0, 0.05) is 31.4 Å². The molecule has 0 aliphatic carbocycles. The molecule has 9 heteroatoms. The Kier molecular flexibility index (Phi) is 15.6. The minimum atomic E-state index is -0.544. The predicted molar refractivity (Wildman–Crippen MR) is 118 cm³/mol. The van der Waals surface area contributed by atoms with Crippen LogP contribution >= 0.6 is 0 Å². The van der Waals surface area contributed by atoms with Crippen LogP contribution in [0, 0.1) is 5.21 Å². The molecular weight excluding hydrogens is 441 g/mol. The van der Waals surface area contributed by atoms with Crippen molar-refractivity contribution in [3.63, 3.8) is 0 Å². The zero-order valence-electron chi connectivity index (χ0n) is 19.1. The molecule has 0 fully saturated rings. The maximum absolute atomic E-state index is 12.9. The van der Waals surface area contributed by atoms with E-state index in [-0.39, 0.29) is 95.0 Å². The Morgan fingerprint density at radius 2 is 1.69 bits per heavy atom. The average Bonchev–Trinajstić information content (AvgIpc) is 2.76. The van der Waals surface area contributed by atoms with Gasteiger partial charge in [0.15, 0.2) is 13.6 Å². The van der Waals surface area contributed by atoms with Gasteiger partial charge < -0.3 is 34.0 Å². The fourth-order valence-electron chi connectivity index (χ4n) is 2.85. The number of cyclic esters (lactones) is 1. The number of hydrogen-bond donors (Lipinski definition) is 0. The van der Waals surface area contributed by atoms with E-state index in [0.29, 0.717) is 30.9 Å². The number of fused-ring (bicyclic) bond motifs is 1. The fraction of sp³-hybridized carbons (Fsp3) is 0.478. The van der Waals surface area contributed by atoms with Crippen molar-refractivity contribution in [1.29, 1.82) is 0 Å². The Labute approximate surface area is 232 Å². The van der Waals surface area contributed by atoms with Crippen molar-refractivity contribution in [2.75, 3.05) is 33.4 Å². The van der Waals surface area contributed by atoms with Crippen molar-refractivity contribution in [1.82, 2.24) is 0 Å². The van der Waals surface area contributed by atoms with Gasteiger partial charge in [0.25, 0.3) is 0 Å². The normalized spacial score (nSPS) is 17.9. The number of benzene rings is 1. The molecule has 0 amide bonds. The Hall–Kier alpha value is -1.20. The molecule has 0 N–H and O–H groups in total. The molecule has 2 rings (SSSR count). The van der Waals surface area contributed by atoms with Crippen molar-refractivity contribution in [2.45, 2.75) is 39.5 Å². The first-order valence-electron chi connectivity index (χ1n) is 10.4. The molecule has 0 saturated heterocycles. The van der Waals surface area contributed by atoms with Gasteiger partial charge in [0.1, 0.15) is 17.1 Å². The molecule has 0 saturated carbocycles. The second kappa shape index (κ2) is 17.3. The van der Waals surface area contributed by atoms with E-state index in [1.165, 1.54) is 0 Å². The summed E-state index contributed by atoms with van der Waals surface area (Å²) < 4.78 is 27.3. The van der Waals surface area contributed by atoms with Crippen molar-refractivity contribution in [3.8, 4) is 11.5 Å². The molecule has 1 heterocycles. The Morgan fingerprint density at radius 3 is 2.41 bits per heavy atom. The van der Waals surface area contributed by atoms with Gasteiger partial charge in [-0.25, -0.2) is 4.79 Å². The first kappa shape index (κ1) is 28.8. The van der Waals surface area contributed by atoms with E-state index in [9.17, 15) is 10.0 Å². The first-order chi connectivity index (χ1) is 15.2. The van der Waals surface area contributed by atoms with E-state index < -0.39 is 5.97 Å². The van der Waals surface area contributed by atoms with E-state index in [1.54, 1.807) is 18.2 Å². The minimum absolute atomic E-state index is 0. The van der Waals surface area contributed by atoms with Crippen LogP contribution in [0.2, 0.25) is 0 Å². The van der Waals surface area contributed by atoms with E-state index in [0.717, 1.165) is 12.8 Å². The van der Waals surface area contributed by atoms with Gasteiger partial charge in [-0.3, -0.25) is 0 Å². The summed E-state index contributed by atoms with van der Waals surface area (Å²) in [6.45, 7) is 4.88. The van der Waals surface area contributed by atoms with E-state index in [1.807, 2.05) is 32.1 Å². The molecule has 1 aromatic rings. The smallest absolute Gasteiger partial charge is 0.792 e. The summed E-state index contributed by atoms with van der Waals surface area (Å²) in [4.78, 5) is 12.9. The summed E-state index contributed by atoms with van der Waals surface area (Å²) in [5.41, 5.74) is 1.02. The third-order valence-corrected chi connectivity index (χ3v) is 4.36. The summed E-state index contributed by atoms with van der Waals surface area (Å²) in [5, 5.41) is 14.5. The van der Waals surface area contributed by atoms with Crippen LogP contribution in [-0.4, -0.2) is 45.1 Å². The molecule has 1 aliphatic rings. The second-order valence-corrected chi connectivity index (χ2v) is 6.60. The van der Waals surface area contributed by atoms with Gasteiger partial charge in [-0.2, -0.15) is 0 Å². The Morgan fingerprint density at radius 1 is 1.00 bits per heavy atom. The standard InChI is InChI=1S/C23H31NO7.K/c1-3-27-16-30-20-14-18-13-19(24-26)11-9-7-5-6-8-10-12-29-23(25)22(18)21(15-20)31-17-28-4-2;/h6,8-9,11,14-15,26H,3-5,7,10,12-13,16-17H2,1-2H3;/q;+1/p-1/b8-6+,11-9+,24-19-;. The molecule has 0 aromatic heterocycles. The molecule has 32 heavy (non-hydrogen) atoms. The summed E-state index contributed by atoms with van der Waals surface area (Å²) in [6.07, 6.45) is 9.90. The van der Waals surface area contributed by atoms with Gasteiger partial charge in [0.05, 0.1) is 6.61 Å². The molecule has 0 spiro atoms. The zero-order valence-corrected chi connectivity index (χ0v) is 22.3. The Balaban J connectivity index is 0.00000512. The van der Waals surface area contributed by atoms with E-state index >= 15 is 0 Å². The van der Waals surface area contributed by atoms with Crippen molar-refractivity contribution < 1.29 is 79.9 Å². The van der Waals surface area contributed by atoms with E-state index in [2.05, 4.69) is 5.16 Å². The quantitative estimate of drug-likeness (QED) is 0.141. The van der Waals surface area contributed by atoms with Crippen LogP contribution in [0.1, 0.15) is 49.0 Å². The van der Waals surface area contributed by atoms with Crippen molar-refractivity contribution >= 4 is 11.7 Å². The molecule has 0 unspecified atom stereocenters. The molecule has 1 aliphatic heterocycles. The summed E-state index contributed by atoms with van der Waals surface area (Å²) in [7, 11) is 0. The maximum atomic E-state index is 12.9. The second-order valence-electron chi connectivity index (χ2n) is 6.60. The van der Waals surface area contributed by atoms with Gasteiger partial charge in [-0.05, 0) is 50.8 Å². The molecular formula is C23H30KNO7. The minimum Gasteiger partial charge on any atom is -0.792 e. The Bertz CT molecular complexity index is 793. The number of allylic oxidation sites excluding steroid dienone is 3. The monoisotopic (exact) mass is 471 g/mol. The third-order valence-electron chi connectivity index (χ3n) is 4.36. The molecule has 0 bridgehead atoms. The summed E-state index contributed by atoms with van der Waals surface area (Å²) in [6, 6.07) is 3.26. The number of ether oxygens (including phenoxy) is 5. The largest absolute Gasteiger partial charge is 1.00 e. The summed E-state index contributed by atoms with van der Waals surface area (Å²) >= 11 is 0. The van der Waals surface area contributed by atoms with Crippen LogP contribution in [0.5, 0.6) is 11.5 Å². The van der Waals surface area contributed by atoms with E-state index in [4.69, 9.17) is 23.7 Å². The predicted octanol–water partition coefficient (Wildman–Crippen LogP) is 1.37. The number of rotatable bonds is 8. The number of nitrogens with zero attached hydrogens (tertiary/aromatic N) is 1. The number of hydrogen-bond acceptors (Lipinski definition) is 8. The average molecular weight is 472 g/mol. The van der Waals surface area contributed by atoms with Gasteiger partial charge in [-0.1, -0.05) is 18.2 Å². The molecule has 8 nitrogen and oxygen atoms in total. The molecule has 170 valence electrons. The fourth-order valence-corrected chi connectivity index (χ4v) is 2.85. The number of esters is 1. The number of carbonyl (C=O) groups is 1. The van der Waals surface area contributed by atoms with Crippen molar-refractivity contribution in [3.05, 3.63) is 52.8 Å². The maximum Gasteiger partial charge on any atom is 1.00 e. The van der Waals surface area contributed by atoms with Crippen LogP contribution in [0.3, 0.4) is 0 Å². The SMILES string of the molecule is CCOCOc1cc2c(c(OCOCC)c1)C(=O)OCC/C=C/CC/C=C/C(=N/[O-])C2.[K+]. The summed E-state index contributed by atoms with van der Waals surface area (Å²) in [5.74, 6) is 0.140. The molecule has 0 atom stereocenters. The van der Waals surface area contributed by atoms with Gasteiger partial charge >= 0.3 is 57.4 Å². The number of carbonyl (C=O) groups excluding carboxylic acids is 1. The third kappa shape index (κ3) is 10.2. The van der Waals surface area contributed by atoms with Crippen LogP contribution in [-0.2, 0) is 20.6 Å². The van der Waals surface area contributed by atoms with Crippen molar-refractivity contribution in [2.24, 2.45) is 5.16 Å². The van der Waals surface area contributed by atoms with Gasteiger partial charge in [0.2, 0.25) is 0 Å². The van der Waals surface area contributed by atoms with Crippen LogP contribution < -0.4 is 60.9 Å².